The van der Waals surface area contributed by atoms with Crippen LogP contribution in [0.15, 0.2) is 23.7 Å². The van der Waals surface area contributed by atoms with E-state index in [2.05, 4.69) is 38.6 Å². The molecule has 2 aromatic rings. The molecular weight excluding hydrogens is 304 g/mol. The van der Waals surface area contributed by atoms with Crippen LogP contribution in [0.3, 0.4) is 0 Å². The third-order valence-corrected chi connectivity index (χ3v) is 5.90. The predicted octanol–water partition coefficient (Wildman–Crippen LogP) is 3.80. The van der Waals surface area contributed by atoms with Crippen LogP contribution in [0.25, 0.3) is 0 Å². The van der Waals surface area contributed by atoms with Crippen LogP contribution in [0.1, 0.15) is 47.9 Å². The fraction of sp³-hybridized carbons (Fsp3) is 0.556. The summed E-state index contributed by atoms with van der Waals surface area (Å²) in [5.74, 6) is 2.66. The molecule has 0 amide bonds. The number of nitrogens with one attached hydrogen (secondary N) is 1. The molecule has 3 heterocycles. The van der Waals surface area contributed by atoms with Gasteiger partial charge in [-0.3, -0.25) is 4.90 Å². The summed E-state index contributed by atoms with van der Waals surface area (Å²) in [6.45, 7) is 5.65. The second kappa shape index (κ2) is 6.57. The highest BCUT2D eigenvalue weighted by Gasteiger charge is 2.27. The van der Waals surface area contributed by atoms with Crippen molar-refractivity contribution >= 4 is 17.2 Å². The van der Waals surface area contributed by atoms with Crippen molar-refractivity contribution in [1.82, 2.24) is 14.9 Å². The second-order valence-electron chi connectivity index (χ2n) is 6.80. The highest BCUT2D eigenvalue weighted by atomic mass is 32.1. The molecule has 0 unspecified atom stereocenters. The van der Waals surface area contributed by atoms with Gasteiger partial charge in [0.2, 0.25) is 0 Å². The Morgan fingerprint density at radius 1 is 1.22 bits per heavy atom. The average Bonchev–Trinajstić information content (AvgIpc) is 3.34. The summed E-state index contributed by atoms with van der Waals surface area (Å²) in [5, 5.41) is 5.82. The summed E-state index contributed by atoms with van der Waals surface area (Å²) in [5.41, 5.74) is 1.43. The fourth-order valence-electron chi connectivity index (χ4n) is 3.21. The molecule has 1 saturated heterocycles. The number of thiophene rings is 1. The van der Waals surface area contributed by atoms with E-state index in [1.807, 2.05) is 23.6 Å². The van der Waals surface area contributed by atoms with Crippen LogP contribution in [0.2, 0.25) is 0 Å². The van der Waals surface area contributed by atoms with Gasteiger partial charge in [-0.2, -0.15) is 0 Å². The van der Waals surface area contributed by atoms with Crippen LogP contribution in [-0.4, -0.2) is 34.0 Å². The molecule has 4 rings (SSSR count). The van der Waals surface area contributed by atoms with Gasteiger partial charge in [0.05, 0.1) is 0 Å². The van der Waals surface area contributed by atoms with Crippen LogP contribution in [-0.2, 0) is 6.54 Å². The number of hydrogen-bond donors (Lipinski definition) is 1. The number of hydrogen-bond acceptors (Lipinski definition) is 5. The zero-order valence-electron chi connectivity index (χ0n) is 13.7. The van der Waals surface area contributed by atoms with E-state index in [0.29, 0.717) is 12.0 Å². The molecule has 122 valence electrons. The highest BCUT2D eigenvalue weighted by Crippen LogP contribution is 2.38. The molecule has 0 bridgehead atoms. The quantitative estimate of drug-likeness (QED) is 0.906. The van der Waals surface area contributed by atoms with E-state index in [4.69, 9.17) is 0 Å². The van der Waals surface area contributed by atoms with Crippen LogP contribution in [0.4, 0.5) is 5.82 Å². The molecule has 0 radical (unpaired) electrons. The third kappa shape index (κ3) is 3.72. The van der Waals surface area contributed by atoms with Crippen LogP contribution in [0.5, 0.6) is 0 Å². The lowest BCUT2D eigenvalue weighted by Gasteiger charge is -2.32. The summed E-state index contributed by atoms with van der Waals surface area (Å²) in [4.78, 5) is 13.2. The molecule has 1 saturated carbocycles. The Hall–Kier alpha value is -1.46. The molecule has 0 aromatic carbocycles. The van der Waals surface area contributed by atoms with Gasteiger partial charge >= 0.3 is 0 Å². The topological polar surface area (TPSA) is 41.0 Å². The maximum atomic E-state index is 4.69. The molecule has 4 nitrogen and oxygen atoms in total. The molecule has 2 fully saturated rings. The van der Waals surface area contributed by atoms with Gasteiger partial charge in [0.1, 0.15) is 11.6 Å². The molecule has 5 heteroatoms. The molecular formula is C18H24N4S. The standard InChI is InChI=1S/C18H24N4S/c1-13-7-11-23-16(13)12-22-9-5-15(6-10-22)20-17-4-8-19-18(21-17)14-2-3-14/h4,7-8,11,14-15H,2-3,5-6,9-10,12H2,1H3,(H,19,20,21). The van der Waals surface area contributed by atoms with Gasteiger partial charge in [-0.1, -0.05) is 0 Å². The molecule has 1 N–H and O–H groups in total. The summed E-state index contributed by atoms with van der Waals surface area (Å²) in [7, 11) is 0. The number of anilines is 1. The molecule has 0 spiro atoms. The van der Waals surface area contributed by atoms with E-state index in [1.165, 1.54) is 36.1 Å². The first-order chi connectivity index (χ1) is 11.3. The van der Waals surface area contributed by atoms with Crippen molar-refractivity contribution in [3.8, 4) is 0 Å². The van der Waals surface area contributed by atoms with E-state index in [-0.39, 0.29) is 0 Å². The first-order valence-corrected chi connectivity index (χ1v) is 9.51. The fourth-order valence-corrected chi connectivity index (χ4v) is 4.15. The second-order valence-corrected chi connectivity index (χ2v) is 7.80. The van der Waals surface area contributed by atoms with Gasteiger partial charge in [0.15, 0.2) is 0 Å². The normalized spacial score (nSPS) is 19.9. The zero-order valence-corrected chi connectivity index (χ0v) is 14.5. The first kappa shape index (κ1) is 15.1. The van der Waals surface area contributed by atoms with Gasteiger partial charge < -0.3 is 5.32 Å². The molecule has 23 heavy (non-hydrogen) atoms. The minimum Gasteiger partial charge on any atom is -0.367 e. The smallest absolute Gasteiger partial charge is 0.133 e. The van der Waals surface area contributed by atoms with Crippen LogP contribution in [0, 0.1) is 6.92 Å². The van der Waals surface area contributed by atoms with Gasteiger partial charge in [-0.25, -0.2) is 9.97 Å². The monoisotopic (exact) mass is 328 g/mol. The van der Waals surface area contributed by atoms with E-state index in [0.717, 1.165) is 31.3 Å². The maximum absolute atomic E-state index is 4.69. The van der Waals surface area contributed by atoms with Crippen molar-refractivity contribution in [3.63, 3.8) is 0 Å². The summed E-state index contributed by atoms with van der Waals surface area (Å²) >= 11 is 1.88. The summed E-state index contributed by atoms with van der Waals surface area (Å²) < 4.78 is 0. The Labute approximate surface area is 142 Å². The van der Waals surface area contributed by atoms with Gasteiger partial charge in [-0.05, 0) is 55.7 Å². The molecule has 1 aliphatic carbocycles. The minimum atomic E-state index is 0.539. The Bertz CT molecular complexity index is 657. The zero-order chi connectivity index (χ0) is 15.6. The van der Waals surface area contributed by atoms with Crippen molar-refractivity contribution in [2.45, 2.75) is 51.1 Å². The third-order valence-electron chi connectivity index (χ3n) is 4.89. The lowest BCUT2D eigenvalue weighted by atomic mass is 10.0. The SMILES string of the molecule is Cc1ccsc1CN1CCC(Nc2ccnc(C3CC3)n2)CC1. The van der Waals surface area contributed by atoms with E-state index >= 15 is 0 Å². The highest BCUT2D eigenvalue weighted by molar-refractivity contribution is 7.10. The van der Waals surface area contributed by atoms with Crippen molar-refractivity contribution in [3.05, 3.63) is 40.0 Å². The molecule has 0 atom stereocenters. The Kier molecular flexibility index (Phi) is 4.31. The Morgan fingerprint density at radius 3 is 2.74 bits per heavy atom. The van der Waals surface area contributed by atoms with Crippen molar-refractivity contribution < 1.29 is 0 Å². The maximum Gasteiger partial charge on any atom is 0.133 e. The van der Waals surface area contributed by atoms with E-state index in [1.54, 1.807) is 0 Å². The number of rotatable bonds is 5. The minimum absolute atomic E-state index is 0.539. The average molecular weight is 328 g/mol. The Balaban J connectivity index is 1.29. The lowest BCUT2D eigenvalue weighted by molar-refractivity contribution is 0.212. The first-order valence-electron chi connectivity index (χ1n) is 8.63. The van der Waals surface area contributed by atoms with E-state index in [9.17, 15) is 0 Å². The molecule has 2 aliphatic rings. The molecule has 1 aliphatic heterocycles. The van der Waals surface area contributed by atoms with Crippen molar-refractivity contribution in [1.29, 1.82) is 0 Å². The Morgan fingerprint density at radius 2 is 2.04 bits per heavy atom. The summed E-state index contributed by atoms with van der Waals surface area (Å²) in [6, 6.07) is 4.77. The van der Waals surface area contributed by atoms with Crippen molar-refractivity contribution in [2.75, 3.05) is 18.4 Å². The predicted molar refractivity (Wildman–Crippen MR) is 95.0 cm³/mol. The van der Waals surface area contributed by atoms with Crippen LogP contribution < -0.4 is 5.32 Å². The number of aryl methyl sites for hydroxylation is 1. The number of likely N-dealkylation sites (tertiary alicyclic amines) is 1. The van der Waals surface area contributed by atoms with Gasteiger partial charge in [-0.15, -0.1) is 11.3 Å². The molecule has 2 aromatic heterocycles. The lowest BCUT2D eigenvalue weighted by Crippen LogP contribution is -2.38. The van der Waals surface area contributed by atoms with Gasteiger partial charge in [0, 0.05) is 42.7 Å². The van der Waals surface area contributed by atoms with Crippen molar-refractivity contribution in [2.24, 2.45) is 0 Å². The largest absolute Gasteiger partial charge is 0.367 e. The number of aromatic nitrogens is 2. The van der Waals surface area contributed by atoms with E-state index < -0.39 is 0 Å². The van der Waals surface area contributed by atoms with Crippen LogP contribution >= 0.6 is 11.3 Å². The number of nitrogens with zero attached hydrogens (tertiary/aromatic N) is 3. The summed E-state index contributed by atoms with van der Waals surface area (Å²) in [6.07, 6.45) is 6.78. The number of piperidine rings is 1. The van der Waals surface area contributed by atoms with Gasteiger partial charge in [0.25, 0.3) is 0 Å².